The highest BCUT2D eigenvalue weighted by atomic mass is 79.9. The predicted octanol–water partition coefficient (Wildman–Crippen LogP) is 1.04. The zero-order valence-electron chi connectivity index (χ0n) is 5.08. The van der Waals surface area contributed by atoms with Crippen LogP contribution in [0.1, 0.15) is 5.56 Å². The van der Waals surface area contributed by atoms with E-state index in [1.807, 2.05) is 0 Å². The molecule has 1 aromatic rings. The van der Waals surface area contributed by atoms with E-state index < -0.39 is 0 Å². The van der Waals surface area contributed by atoms with Crippen LogP contribution in [-0.2, 0) is 6.61 Å². The zero-order chi connectivity index (χ0) is 7.56. The Morgan fingerprint density at radius 2 is 2.30 bits per heavy atom. The summed E-state index contributed by atoms with van der Waals surface area (Å²) in [5.74, 6) is 0.0477. The number of aromatic hydroxyl groups is 1. The molecule has 0 radical (unpaired) electrons. The number of aliphatic hydroxyl groups is 1. The molecular formula is C6H6BrNO2. The van der Waals surface area contributed by atoms with Gasteiger partial charge in [-0.25, -0.2) is 4.98 Å². The first-order chi connectivity index (χ1) is 4.74. The maximum absolute atomic E-state index is 9.01. The fraction of sp³-hybridized carbons (Fsp3) is 0.167. The highest BCUT2D eigenvalue weighted by Crippen LogP contribution is 2.20. The highest BCUT2D eigenvalue weighted by molar-refractivity contribution is 9.10. The molecule has 10 heavy (non-hydrogen) atoms. The number of rotatable bonds is 1. The lowest BCUT2D eigenvalue weighted by molar-refractivity contribution is 0.280. The van der Waals surface area contributed by atoms with E-state index >= 15 is 0 Å². The lowest BCUT2D eigenvalue weighted by Crippen LogP contribution is -1.84. The topological polar surface area (TPSA) is 53.4 Å². The second-order valence-electron chi connectivity index (χ2n) is 1.81. The quantitative estimate of drug-likeness (QED) is 0.672. The van der Waals surface area contributed by atoms with E-state index in [0.29, 0.717) is 10.2 Å². The van der Waals surface area contributed by atoms with E-state index in [1.165, 1.54) is 12.3 Å². The summed E-state index contributed by atoms with van der Waals surface area (Å²) in [6.45, 7) is -0.103. The predicted molar refractivity (Wildman–Crippen MR) is 39.5 cm³/mol. The molecule has 0 aliphatic carbocycles. The van der Waals surface area contributed by atoms with Gasteiger partial charge >= 0.3 is 0 Å². The van der Waals surface area contributed by atoms with Crippen molar-refractivity contribution in [3.63, 3.8) is 0 Å². The van der Waals surface area contributed by atoms with Gasteiger partial charge in [0.2, 0.25) is 0 Å². The molecule has 0 saturated heterocycles. The summed E-state index contributed by atoms with van der Waals surface area (Å²) in [5, 5.41) is 17.6. The van der Waals surface area contributed by atoms with E-state index in [-0.39, 0.29) is 12.4 Å². The number of hydrogen-bond donors (Lipinski definition) is 2. The van der Waals surface area contributed by atoms with Crippen molar-refractivity contribution in [1.82, 2.24) is 4.98 Å². The van der Waals surface area contributed by atoms with Crippen molar-refractivity contribution in [1.29, 1.82) is 0 Å². The minimum Gasteiger partial charge on any atom is -0.505 e. The van der Waals surface area contributed by atoms with Gasteiger partial charge in [-0.05, 0) is 27.6 Å². The molecule has 0 unspecified atom stereocenters. The van der Waals surface area contributed by atoms with Crippen LogP contribution in [0.15, 0.2) is 16.9 Å². The molecule has 0 saturated carbocycles. The normalized spacial score (nSPS) is 9.80. The lowest BCUT2D eigenvalue weighted by Gasteiger charge is -1.97. The molecule has 4 heteroatoms. The van der Waals surface area contributed by atoms with Crippen molar-refractivity contribution in [3.05, 3.63) is 22.4 Å². The summed E-state index contributed by atoms with van der Waals surface area (Å²) in [5.41, 5.74) is 0.598. The maximum atomic E-state index is 9.01. The van der Waals surface area contributed by atoms with Gasteiger partial charge in [-0.2, -0.15) is 0 Å². The summed E-state index contributed by atoms with van der Waals surface area (Å²) in [4.78, 5) is 3.76. The van der Waals surface area contributed by atoms with Crippen molar-refractivity contribution in [2.24, 2.45) is 0 Å². The number of nitrogens with zero attached hydrogens (tertiary/aromatic N) is 1. The number of halogens is 1. The van der Waals surface area contributed by atoms with Crippen molar-refractivity contribution >= 4 is 15.9 Å². The molecular weight excluding hydrogens is 198 g/mol. The van der Waals surface area contributed by atoms with Crippen LogP contribution in [0.2, 0.25) is 0 Å². The third kappa shape index (κ3) is 1.46. The Morgan fingerprint density at radius 3 is 2.80 bits per heavy atom. The zero-order valence-corrected chi connectivity index (χ0v) is 6.67. The molecule has 1 heterocycles. The average Bonchev–Trinajstić information content (AvgIpc) is 1.95. The molecule has 0 aliphatic rings. The van der Waals surface area contributed by atoms with Crippen LogP contribution in [0.25, 0.3) is 0 Å². The first kappa shape index (κ1) is 7.50. The summed E-state index contributed by atoms with van der Waals surface area (Å²) < 4.78 is 0.393. The van der Waals surface area contributed by atoms with Gasteiger partial charge in [-0.15, -0.1) is 0 Å². The Kier molecular flexibility index (Phi) is 2.24. The molecule has 0 bridgehead atoms. The Bertz CT molecular complexity index is 239. The fourth-order valence-corrected chi connectivity index (χ4v) is 0.781. The van der Waals surface area contributed by atoms with Crippen LogP contribution in [0, 0.1) is 0 Å². The van der Waals surface area contributed by atoms with E-state index in [4.69, 9.17) is 10.2 Å². The van der Waals surface area contributed by atoms with Gasteiger partial charge in [0.05, 0.1) is 6.61 Å². The van der Waals surface area contributed by atoms with Crippen molar-refractivity contribution in [3.8, 4) is 5.75 Å². The molecule has 0 aromatic carbocycles. The molecule has 0 aliphatic heterocycles. The van der Waals surface area contributed by atoms with Gasteiger partial charge < -0.3 is 10.2 Å². The molecule has 3 nitrogen and oxygen atoms in total. The first-order valence-electron chi connectivity index (χ1n) is 2.68. The molecule has 54 valence electrons. The standard InChI is InChI=1S/C6H6BrNO2/c7-6-5(10)1-4(3-9)2-8-6/h1-2,9-10H,3H2. The van der Waals surface area contributed by atoms with E-state index in [0.717, 1.165) is 0 Å². The smallest absolute Gasteiger partial charge is 0.148 e. The third-order valence-corrected chi connectivity index (χ3v) is 1.67. The van der Waals surface area contributed by atoms with Gasteiger partial charge in [0.1, 0.15) is 10.4 Å². The third-order valence-electron chi connectivity index (χ3n) is 1.06. The van der Waals surface area contributed by atoms with Crippen LogP contribution in [0.5, 0.6) is 5.75 Å². The molecule has 2 N–H and O–H groups in total. The summed E-state index contributed by atoms with van der Waals surface area (Å²) in [6.07, 6.45) is 1.49. The van der Waals surface area contributed by atoms with Gasteiger partial charge in [-0.3, -0.25) is 0 Å². The van der Waals surface area contributed by atoms with E-state index in [2.05, 4.69) is 20.9 Å². The van der Waals surface area contributed by atoms with Gasteiger partial charge in [0.15, 0.2) is 0 Å². The summed E-state index contributed by atoms with van der Waals surface area (Å²) in [7, 11) is 0. The second-order valence-corrected chi connectivity index (χ2v) is 2.56. The highest BCUT2D eigenvalue weighted by Gasteiger charge is 1.98. The second kappa shape index (κ2) is 2.98. The number of aromatic nitrogens is 1. The monoisotopic (exact) mass is 203 g/mol. The maximum Gasteiger partial charge on any atom is 0.148 e. The lowest BCUT2D eigenvalue weighted by atomic mass is 10.3. The molecule has 0 fully saturated rings. The van der Waals surface area contributed by atoms with Gasteiger partial charge in [0.25, 0.3) is 0 Å². The minimum atomic E-state index is -0.103. The fourth-order valence-electron chi connectivity index (χ4n) is 0.565. The largest absolute Gasteiger partial charge is 0.505 e. The van der Waals surface area contributed by atoms with Crippen molar-refractivity contribution < 1.29 is 10.2 Å². The van der Waals surface area contributed by atoms with Crippen LogP contribution in [0.3, 0.4) is 0 Å². The van der Waals surface area contributed by atoms with Crippen LogP contribution in [-0.4, -0.2) is 15.2 Å². The Morgan fingerprint density at radius 1 is 1.60 bits per heavy atom. The molecule has 0 atom stereocenters. The van der Waals surface area contributed by atoms with Gasteiger partial charge in [0, 0.05) is 6.20 Å². The summed E-state index contributed by atoms with van der Waals surface area (Å²) >= 11 is 3.02. The molecule has 1 rings (SSSR count). The van der Waals surface area contributed by atoms with Crippen molar-refractivity contribution in [2.45, 2.75) is 6.61 Å². The Hall–Kier alpha value is -0.610. The van der Waals surface area contributed by atoms with E-state index in [1.54, 1.807) is 0 Å². The van der Waals surface area contributed by atoms with Crippen molar-refractivity contribution in [2.75, 3.05) is 0 Å². The molecule has 0 amide bonds. The number of hydrogen-bond acceptors (Lipinski definition) is 3. The van der Waals surface area contributed by atoms with Gasteiger partial charge in [-0.1, -0.05) is 0 Å². The average molecular weight is 204 g/mol. The Labute approximate surface area is 66.5 Å². The van der Waals surface area contributed by atoms with Crippen LogP contribution >= 0.6 is 15.9 Å². The summed E-state index contributed by atoms with van der Waals surface area (Å²) in [6, 6.07) is 1.46. The number of aliphatic hydroxyl groups excluding tert-OH is 1. The van der Waals surface area contributed by atoms with Crippen LogP contribution < -0.4 is 0 Å². The molecule has 1 aromatic heterocycles. The van der Waals surface area contributed by atoms with E-state index in [9.17, 15) is 0 Å². The number of pyridine rings is 1. The van der Waals surface area contributed by atoms with Crippen LogP contribution in [0.4, 0.5) is 0 Å². The minimum absolute atomic E-state index is 0.0477. The SMILES string of the molecule is OCc1cnc(Br)c(O)c1. The molecule has 0 spiro atoms. The first-order valence-corrected chi connectivity index (χ1v) is 3.47. The Balaban J connectivity index is 3.04.